The van der Waals surface area contributed by atoms with Gasteiger partial charge in [-0.25, -0.2) is 9.69 Å². The molecule has 27 heavy (non-hydrogen) atoms. The molecular weight excluding hydrogens is 350 g/mol. The summed E-state index contributed by atoms with van der Waals surface area (Å²) in [5.41, 5.74) is 1.75. The number of hydrogen-bond acceptors (Lipinski definition) is 5. The van der Waals surface area contributed by atoms with Gasteiger partial charge in [0.05, 0.1) is 0 Å². The van der Waals surface area contributed by atoms with Crippen LogP contribution in [0.4, 0.5) is 10.5 Å². The molecule has 1 fully saturated rings. The number of imide groups is 1. The molecule has 0 bridgehead atoms. The first-order valence-electron chi connectivity index (χ1n) is 8.06. The molecule has 138 valence electrons. The van der Waals surface area contributed by atoms with Gasteiger partial charge in [-0.15, -0.1) is 0 Å². The van der Waals surface area contributed by atoms with Crippen molar-refractivity contribution in [1.29, 1.82) is 0 Å². The predicted octanol–water partition coefficient (Wildman–Crippen LogP) is 1.94. The summed E-state index contributed by atoms with van der Waals surface area (Å²) < 4.78 is 0. The van der Waals surface area contributed by atoms with E-state index in [0.717, 1.165) is 16.5 Å². The fourth-order valence-corrected chi connectivity index (χ4v) is 2.51. The summed E-state index contributed by atoms with van der Waals surface area (Å²) in [5.74, 6) is -1.59. The Bertz CT molecular complexity index is 950. The molecule has 1 saturated heterocycles. The van der Waals surface area contributed by atoms with Gasteiger partial charge in [-0.05, 0) is 37.3 Å². The van der Waals surface area contributed by atoms with Crippen LogP contribution in [-0.4, -0.2) is 39.5 Å². The van der Waals surface area contributed by atoms with Crippen LogP contribution in [0, 0.1) is 6.92 Å². The first-order valence-corrected chi connectivity index (χ1v) is 8.06. The maximum Gasteiger partial charge on any atom is 0.329 e. The molecule has 8 heteroatoms. The maximum atomic E-state index is 12.4. The number of benzene rings is 2. The average Bonchev–Trinajstić information content (AvgIpc) is 2.87. The summed E-state index contributed by atoms with van der Waals surface area (Å²) in [5, 5.41) is 24.1. The summed E-state index contributed by atoms with van der Waals surface area (Å²) in [6.07, 6.45) is 1.27. The van der Waals surface area contributed by atoms with Crippen LogP contribution in [0.25, 0.3) is 6.08 Å². The van der Waals surface area contributed by atoms with Gasteiger partial charge in [0.2, 0.25) is 5.91 Å². The van der Waals surface area contributed by atoms with Crippen LogP contribution in [0.5, 0.6) is 11.5 Å². The highest BCUT2D eigenvalue weighted by atomic mass is 16.3. The minimum atomic E-state index is -0.733. The molecular formula is C19H17N3O5. The molecule has 0 radical (unpaired) electrons. The number of aryl methyl sites for hydroxylation is 1. The van der Waals surface area contributed by atoms with Crippen molar-refractivity contribution in [2.75, 3.05) is 11.9 Å². The highest BCUT2D eigenvalue weighted by Crippen LogP contribution is 2.25. The zero-order valence-corrected chi connectivity index (χ0v) is 14.4. The molecule has 1 heterocycles. The normalized spacial score (nSPS) is 15.1. The van der Waals surface area contributed by atoms with Gasteiger partial charge in [0.1, 0.15) is 23.7 Å². The highest BCUT2D eigenvalue weighted by Gasteiger charge is 2.35. The highest BCUT2D eigenvalue weighted by molar-refractivity contribution is 6.16. The van der Waals surface area contributed by atoms with Crippen molar-refractivity contribution in [3.05, 3.63) is 59.3 Å². The molecule has 0 spiro atoms. The molecule has 8 nitrogen and oxygen atoms in total. The maximum absolute atomic E-state index is 12.4. The fourth-order valence-electron chi connectivity index (χ4n) is 2.51. The Hall–Kier alpha value is -3.81. The molecule has 0 saturated carbocycles. The molecule has 4 amide bonds. The number of carbonyl (C=O) groups excluding carboxylic acids is 3. The van der Waals surface area contributed by atoms with Crippen LogP contribution in [0.3, 0.4) is 0 Å². The third-order valence-electron chi connectivity index (χ3n) is 3.91. The number of hydrogen-bond donors (Lipinski definition) is 4. The van der Waals surface area contributed by atoms with Crippen LogP contribution in [-0.2, 0) is 9.59 Å². The van der Waals surface area contributed by atoms with Crippen molar-refractivity contribution < 1.29 is 24.6 Å². The van der Waals surface area contributed by atoms with E-state index < -0.39 is 24.4 Å². The van der Waals surface area contributed by atoms with Crippen molar-refractivity contribution >= 4 is 29.6 Å². The first kappa shape index (κ1) is 18.0. The largest absolute Gasteiger partial charge is 0.508 e. The topological polar surface area (TPSA) is 119 Å². The Morgan fingerprint density at radius 3 is 2.52 bits per heavy atom. The van der Waals surface area contributed by atoms with Crippen molar-refractivity contribution in [2.24, 2.45) is 0 Å². The van der Waals surface area contributed by atoms with E-state index in [2.05, 4.69) is 10.6 Å². The summed E-state index contributed by atoms with van der Waals surface area (Å²) in [4.78, 5) is 37.3. The number of amides is 4. The smallest absolute Gasteiger partial charge is 0.329 e. The monoisotopic (exact) mass is 367 g/mol. The minimum absolute atomic E-state index is 0.0795. The molecule has 2 aromatic rings. The third-order valence-corrected chi connectivity index (χ3v) is 3.91. The second-order valence-electron chi connectivity index (χ2n) is 6.04. The van der Waals surface area contributed by atoms with Gasteiger partial charge in [-0.1, -0.05) is 17.7 Å². The van der Waals surface area contributed by atoms with Crippen LogP contribution >= 0.6 is 0 Å². The number of phenolic OH excluding ortho intramolecular Hbond substituents is 2. The number of nitrogens with one attached hydrogen (secondary N) is 2. The van der Waals surface area contributed by atoms with Crippen molar-refractivity contribution in [1.82, 2.24) is 10.2 Å². The molecule has 4 N–H and O–H groups in total. The van der Waals surface area contributed by atoms with Crippen LogP contribution in [0.15, 0.2) is 48.2 Å². The molecule has 0 aromatic heterocycles. The van der Waals surface area contributed by atoms with E-state index in [0.29, 0.717) is 5.69 Å². The summed E-state index contributed by atoms with van der Waals surface area (Å²) in [6, 6.07) is 10.2. The lowest BCUT2D eigenvalue weighted by Gasteiger charge is -2.12. The number of carbonyl (C=O) groups is 3. The lowest BCUT2D eigenvalue weighted by Crippen LogP contribution is -2.38. The Kier molecular flexibility index (Phi) is 4.80. The van der Waals surface area contributed by atoms with Gasteiger partial charge in [0.15, 0.2) is 0 Å². The fraction of sp³-hybridized carbons (Fsp3) is 0.105. The standard InChI is InChI=1S/C19H17N3O5/c1-11-2-5-13(6-3-11)20-17(25)10-22-18(26)15(21-19(22)27)8-12-4-7-14(23)9-16(12)24/h2-9,23-24H,10H2,1H3,(H,20,25)(H,21,27)/b15-8+. The average molecular weight is 367 g/mol. The zero-order valence-electron chi connectivity index (χ0n) is 14.4. The van der Waals surface area contributed by atoms with Gasteiger partial charge in [0, 0.05) is 17.3 Å². The second kappa shape index (κ2) is 7.20. The number of urea groups is 1. The Labute approximate surface area is 154 Å². The van der Waals surface area contributed by atoms with E-state index in [-0.39, 0.29) is 22.8 Å². The van der Waals surface area contributed by atoms with Gasteiger partial charge < -0.3 is 20.8 Å². The van der Waals surface area contributed by atoms with Crippen LogP contribution < -0.4 is 10.6 Å². The quantitative estimate of drug-likeness (QED) is 0.486. The van der Waals surface area contributed by atoms with Crippen molar-refractivity contribution in [3.8, 4) is 11.5 Å². The van der Waals surface area contributed by atoms with Gasteiger partial charge in [0.25, 0.3) is 5.91 Å². The van der Waals surface area contributed by atoms with Gasteiger partial charge in [-0.2, -0.15) is 0 Å². The summed E-state index contributed by atoms with van der Waals surface area (Å²) >= 11 is 0. The SMILES string of the molecule is Cc1ccc(NC(=O)CN2C(=O)N/C(=C/c3ccc(O)cc3O)C2=O)cc1. The van der Waals surface area contributed by atoms with E-state index >= 15 is 0 Å². The Morgan fingerprint density at radius 1 is 1.15 bits per heavy atom. The lowest BCUT2D eigenvalue weighted by atomic mass is 10.1. The van der Waals surface area contributed by atoms with Crippen molar-refractivity contribution in [2.45, 2.75) is 6.92 Å². The molecule has 0 atom stereocenters. The minimum Gasteiger partial charge on any atom is -0.508 e. The molecule has 0 aliphatic carbocycles. The number of anilines is 1. The van der Waals surface area contributed by atoms with E-state index in [1.165, 1.54) is 18.2 Å². The molecule has 2 aromatic carbocycles. The number of nitrogens with zero attached hydrogens (tertiary/aromatic N) is 1. The van der Waals surface area contributed by atoms with E-state index in [1.54, 1.807) is 12.1 Å². The van der Waals surface area contributed by atoms with Crippen molar-refractivity contribution in [3.63, 3.8) is 0 Å². The molecule has 1 aliphatic rings. The van der Waals surface area contributed by atoms with Gasteiger partial charge >= 0.3 is 6.03 Å². The first-order chi connectivity index (χ1) is 12.8. The van der Waals surface area contributed by atoms with E-state index in [4.69, 9.17) is 0 Å². The van der Waals surface area contributed by atoms with Gasteiger partial charge in [-0.3, -0.25) is 9.59 Å². The predicted molar refractivity (Wildman–Crippen MR) is 97.8 cm³/mol. The number of aromatic hydroxyl groups is 2. The lowest BCUT2D eigenvalue weighted by molar-refractivity contribution is -0.127. The summed E-state index contributed by atoms with van der Waals surface area (Å²) in [7, 11) is 0. The molecule has 0 unspecified atom stereocenters. The van der Waals surface area contributed by atoms with E-state index in [1.807, 2.05) is 19.1 Å². The summed E-state index contributed by atoms with van der Waals surface area (Å²) in [6.45, 7) is 1.47. The van der Waals surface area contributed by atoms with Crippen LogP contribution in [0.1, 0.15) is 11.1 Å². The second-order valence-corrected chi connectivity index (χ2v) is 6.04. The molecule has 3 rings (SSSR count). The number of phenols is 2. The Morgan fingerprint density at radius 2 is 1.85 bits per heavy atom. The zero-order chi connectivity index (χ0) is 19.6. The van der Waals surface area contributed by atoms with Crippen LogP contribution in [0.2, 0.25) is 0 Å². The number of rotatable bonds is 4. The molecule has 1 aliphatic heterocycles. The van der Waals surface area contributed by atoms with E-state index in [9.17, 15) is 24.6 Å². The third kappa shape index (κ3) is 4.06. The Balaban J connectivity index is 1.71.